The van der Waals surface area contributed by atoms with E-state index >= 15 is 0 Å². The van der Waals surface area contributed by atoms with E-state index in [9.17, 15) is 4.79 Å². The Kier molecular flexibility index (Phi) is 5.44. The number of carbonyl (C=O) groups excluding carboxylic acids is 1. The largest absolute Gasteiger partial charge is 0.494 e. The van der Waals surface area contributed by atoms with Crippen molar-refractivity contribution in [2.45, 2.75) is 38.4 Å². The predicted octanol–water partition coefficient (Wildman–Crippen LogP) is 4.76. The summed E-state index contributed by atoms with van der Waals surface area (Å²) in [6, 6.07) is 14.0. The summed E-state index contributed by atoms with van der Waals surface area (Å²) in [5.41, 5.74) is 3.01. The van der Waals surface area contributed by atoms with Gasteiger partial charge in [-0.1, -0.05) is 48.8 Å². The van der Waals surface area contributed by atoms with Gasteiger partial charge < -0.3 is 19.1 Å². The van der Waals surface area contributed by atoms with Gasteiger partial charge in [0.1, 0.15) is 5.75 Å². The number of anilines is 1. The topological polar surface area (TPSA) is 48.0 Å². The number of ether oxygens (including phenoxy) is 3. The molecule has 1 fully saturated rings. The highest BCUT2D eigenvalue weighted by Gasteiger charge is 2.55. The second-order valence-electron chi connectivity index (χ2n) is 8.41. The van der Waals surface area contributed by atoms with E-state index < -0.39 is 5.79 Å². The van der Waals surface area contributed by atoms with Crippen molar-refractivity contribution in [1.82, 2.24) is 0 Å². The first-order valence-corrected chi connectivity index (χ1v) is 10.7. The molecule has 1 saturated heterocycles. The molecule has 5 nitrogen and oxygen atoms in total. The average Bonchev–Trinajstić information content (AvgIpc) is 3.26. The van der Waals surface area contributed by atoms with Crippen molar-refractivity contribution in [3.8, 4) is 5.75 Å². The van der Waals surface area contributed by atoms with Crippen molar-refractivity contribution < 1.29 is 19.0 Å². The number of benzene rings is 2. The van der Waals surface area contributed by atoms with Gasteiger partial charge in [-0.2, -0.15) is 0 Å². The summed E-state index contributed by atoms with van der Waals surface area (Å²) in [6.07, 6.45) is 0.707. The Balaban J connectivity index is 1.40. The third kappa shape index (κ3) is 3.81. The highest BCUT2D eigenvalue weighted by atomic mass is 79.9. The molecule has 154 valence electrons. The molecule has 0 aromatic heterocycles. The fourth-order valence-electron chi connectivity index (χ4n) is 3.79. The summed E-state index contributed by atoms with van der Waals surface area (Å²) < 4.78 is 18.3. The maximum atomic E-state index is 13.1. The molecular formula is C23H26BrNO4. The van der Waals surface area contributed by atoms with Crippen molar-refractivity contribution >= 4 is 27.5 Å². The third-order valence-corrected chi connectivity index (χ3v) is 5.83. The van der Waals surface area contributed by atoms with Crippen LogP contribution in [-0.2, 0) is 25.5 Å². The number of hydrogen-bond donors (Lipinski definition) is 0. The van der Waals surface area contributed by atoms with Gasteiger partial charge in [0.2, 0.25) is 0 Å². The quantitative estimate of drug-likeness (QED) is 0.604. The SMILES string of the molecule is CC(C)(C)c1ccc(OCCCN2C(=O)C3(OCCO3)c3cc(Br)ccc32)cc1. The lowest BCUT2D eigenvalue weighted by atomic mass is 9.87. The Morgan fingerprint density at radius 3 is 2.45 bits per heavy atom. The molecule has 4 rings (SSSR count). The lowest BCUT2D eigenvalue weighted by Gasteiger charge is -2.22. The van der Waals surface area contributed by atoms with Gasteiger partial charge >= 0.3 is 0 Å². The Hall–Kier alpha value is -1.89. The van der Waals surface area contributed by atoms with E-state index in [0.29, 0.717) is 32.8 Å². The van der Waals surface area contributed by atoms with Crippen LogP contribution < -0.4 is 9.64 Å². The van der Waals surface area contributed by atoms with Crippen LogP contribution in [0.5, 0.6) is 5.75 Å². The average molecular weight is 460 g/mol. The molecule has 2 aromatic rings. The summed E-state index contributed by atoms with van der Waals surface area (Å²) in [7, 11) is 0. The molecule has 2 heterocycles. The van der Waals surface area contributed by atoms with E-state index in [4.69, 9.17) is 14.2 Å². The Bertz CT molecular complexity index is 898. The summed E-state index contributed by atoms with van der Waals surface area (Å²) in [6.45, 7) is 8.48. The molecule has 0 N–H and O–H groups in total. The minimum atomic E-state index is -1.29. The van der Waals surface area contributed by atoms with Gasteiger partial charge in [0.05, 0.1) is 25.5 Å². The monoisotopic (exact) mass is 459 g/mol. The smallest absolute Gasteiger partial charge is 0.292 e. The molecule has 0 radical (unpaired) electrons. The second kappa shape index (κ2) is 7.74. The molecule has 0 atom stereocenters. The Labute approximate surface area is 180 Å². The Morgan fingerprint density at radius 1 is 1.10 bits per heavy atom. The Morgan fingerprint density at radius 2 is 1.79 bits per heavy atom. The number of nitrogens with zero attached hydrogens (tertiary/aromatic N) is 1. The van der Waals surface area contributed by atoms with Crippen LogP contribution in [-0.4, -0.2) is 32.3 Å². The minimum absolute atomic E-state index is 0.122. The van der Waals surface area contributed by atoms with Crippen molar-refractivity contribution in [3.05, 3.63) is 58.1 Å². The molecule has 0 saturated carbocycles. The highest BCUT2D eigenvalue weighted by molar-refractivity contribution is 9.10. The summed E-state index contributed by atoms with van der Waals surface area (Å²) in [5, 5.41) is 0. The van der Waals surface area contributed by atoms with Crippen molar-refractivity contribution in [1.29, 1.82) is 0 Å². The number of rotatable bonds is 5. The molecule has 1 amide bonds. The van der Waals surface area contributed by atoms with Crippen LogP contribution in [0.4, 0.5) is 5.69 Å². The summed E-state index contributed by atoms with van der Waals surface area (Å²) in [5.74, 6) is -0.602. The van der Waals surface area contributed by atoms with Gasteiger partial charge in [0.15, 0.2) is 0 Å². The highest BCUT2D eigenvalue weighted by Crippen LogP contribution is 2.46. The number of amides is 1. The third-order valence-electron chi connectivity index (χ3n) is 5.34. The molecule has 2 aliphatic rings. The molecule has 6 heteroatoms. The van der Waals surface area contributed by atoms with Gasteiger partial charge in [-0.05, 0) is 47.7 Å². The van der Waals surface area contributed by atoms with Crippen LogP contribution in [0.25, 0.3) is 0 Å². The zero-order chi connectivity index (χ0) is 20.6. The van der Waals surface area contributed by atoms with Gasteiger partial charge in [-0.15, -0.1) is 0 Å². The fourth-order valence-corrected chi connectivity index (χ4v) is 4.15. The fraction of sp³-hybridized carbons (Fsp3) is 0.435. The minimum Gasteiger partial charge on any atom is -0.494 e. The molecule has 2 aromatic carbocycles. The lowest BCUT2D eigenvalue weighted by molar-refractivity contribution is -0.180. The number of fused-ring (bicyclic) bond motifs is 2. The van der Waals surface area contributed by atoms with Crippen LogP contribution in [0.3, 0.4) is 0 Å². The number of hydrogen-bond acceptors (Lipinski definition) is 4. The molecule has 0 bridgehead atoms. The lowest BCUT2D eigenvalue weighted by Crippen LogP contribution is -2.41. The molecular weight excluding hydrogens is 434 g/mol. The van der Waals surface area contributed by atoms with Crippen LogP contribution in [0.15, 0.2) is 46.9 Å². The standard InChI is InChI=1S/C23H26BrNO4/c1-22(2,3)16-5-8-18(9-6-16)27-12-4-11-25-20-10-7-17(24)15-19(20)23(21(25)26)28-13-14-29-23/h5-10,15H,4,11-14H2,1-3H3. The normalized spacial score (nSPS) is 17.8. The van der Waals surface area contributed by atoms with E-state index in [1.54, 1.807) is 4.90 Å². The molecule has 2 aliphatic heterocycles. The van der Waals surface area contributed by atoms with Crippen LogP contribution in [0.1, 0.15) is 38.3 Å². The first-order valence-electron chi connectivity index (χ1n) is 9.94. The zero-order valence-electron chi connectivity index (χ0n) is 17.0. The van der Waals surface area contributed by atoms with Crippen molar-refractivity contribution in [2.24, 2.45) is 0 Å². The number of halogens is 1. The van der Waals surface area contributed by atoms with Crippen LogP contribution in [0.2, 0.25) is 0 Å². The van der Waals surface area contributed by atoms with E-state index in [0.717, 1.165) is 21.5 Å². The van der Waals surface area contributed by atoms with Crippen LogP contribution >= 0.6 is 15.9 Å². The summed E-state index contributed by atoms with van der Waals surface area (Å²) >= 11 is 3.48. The second-order valence-corrected chi connectivity index (χ2v) is 9.32. The van der Waals surface area contributed by atoms with E-state index in [1.165, 1.54) is 5.56 Å². The molecule has 29 heavy (non-hydrogen) atoms. The maximum absolute atomic E-state index is 13.1. The number of carbonyl (C=O) groups is 1. The van der Waals surface area contributed by atoms with E-state index in [2.05, 4.69) is 48.8 Å². The first-order chi connectivity index (χ1) is 13.8. The first kappa shape index (κ1) is 20.4. The molecule has 0 unspecified atom stereocenters. The molecule has 0 aliphatic carbocycles. The van der Waals surface area contributed by atoms with Gasteiger partial charge in [0.25, 0.3) is 11.7 Å². The van der Waals surface area contributed by atoms with Gasteiger partial charge in [0, 0.05) is 16.6 Å². The predicted molar refractivity (Wildman–Crippen MR) is 115 cm³/mol. The summed E-state index contributed by atoms with van der Waals surface area (Å²) in [4.78, 5) is 14.9. The maximum Gasteiger partial charge on any atom is 0.292 e. The van der Waals surface area contributed by atoms with E-state index in [-0.39, 0.29) is 11.3 Å². The van der Waals surface area contributed by atoms with Crippen LogP contribution in [0, 0.1) is 0 Å². The van der Waals surface area contributed by atoms with E-state index in [1.807, 2.05) is 30.3 Å². The van der Waals surface area contributed by atoms with Crippen molar-refractivity contribution in [2.75, 3.05) is 31.3 Å². The zero-order valence-corrected chi connectivity index (χ0v) is 18.6. The van der Waals surface area contributed by atoms with Gasteiger partial charge in [-0.3, -0.25) is 4.79 Å². The molecule has 1 spiro atoms. The van der Waals surface area contributed by atoms with Crippen molar-refractivity contribution in [3.63, 3.8) is 0 Å². The van der Waals surface area contributed by atoms with Gasteiger partial charge in [-0.25, -0.2) is 0 Å².